The molecule has 0 atom stereocenters. The number of pyridine rings is 1. The van der Waals surface area contributed by atoms with Gasteiger partial charge in [0.05, 0.1) is 7.11 Å². The van der Waals surface area contributed by atoms with Crippen LogP contribution in [0.25, 0.3) is 12.2 Å². The Kier molecular flexibility index (Phi) is 4.35. The molecule has 0 unspecified atom stereocenters. The van der Waals surface area contributed by atoms with Gasteiger partial charge in [-0.15, -0.1) is 0 Å². The molecule has 0 aliphatic heterocycles. The van der Waals surface area contributed by atoms with E-state index in [-0.39, 0.29) is 0 Å². The number of aromatic nitrogens is 1. The third kappa shape index (κ3) is 3.22. The van der Waals surface area contributed by atoms with Crippen LogP contribution in [0.1, 0.15) is 23.9 Å². The highest BCUT2D eigenvalue weighted by Gasteiger charge is 2.07. The fourth-order valence-electron chi connectivity index (χ4n) is 2.14. The minimum absolute atomic E-state index is 0.885. The van der Waals surface area contributed by atoms with Gasteiger partial charge in [-0.3, -0.25) is 0 Å². The van der Waals surface area contributed by atoms with Crippen molar-refractivity contribution in [2.24, 2.45) is 0 Å². The normalized spacial score (nSPS) is 10.9. The highest BCUT2D eigenvalue weighted by atomic mass is 16.5. The first-order valence-electron chi connectivity index (χ1n) is 6.56. The number of methoxy groups -OCH3 is 1. The Morgan fingerprint density at radius 2 is 1.79 bits per heavy atom. The minimum Gasteiger partial charge on any atom is -0.497 e. The van der Waals surface area contributed by atoms with E-state index in [2.05, 4.69) is 60.9 Å². The molecule has 0 spiro atoms. The predicted octanol–water partition coefficient (Wildman–Crippen LogP) is 3.48. The van der Waals surface area contributed by atoms with Crippen LogP contribution < -0.4 is 9.30 Å². The fourth-order valence-corrected chi connectivity index (χ4v) is 2.14. The van der Waals surface area contributed by atoms with E-state index in [9.17, 15) is 0 Å². The number of rotatable bonds is 4. The molecule has 0 radical (unpaired) electrons. The molecule has 0 saturated heterocycles. The maximum absolute atomic E-state index is 5.16. The maximum Gasteiger partial charge on any atom is 0.205 e. The number of nitrogens with zero attached hydrogens (tertiary/aromatic N) is 1. The lowest BCUT2D eigenvalue weighted by Crippen LogP contribution is -2.38. The molecule has 1 heterocycles. The van der Waals surface area contributed by atoms with Gasteiger partial charge in [-0.2, -0.15) is 4.57 Å². The SMILES string of the molecule is CC[n+]1c(C)cccc1C=Cc1ccc(OC)cc1. The summed E-state index contributed by atoms with van der Waals surface area (Å²) in [6.45, 7) is 5.28. The van der Waals surface area contributed by atoms with Crippen molar-refractivity contribution in [2.75, 3.05) is 7.11 Å². The van der Waals surface area contributed by atoms with Crippen LogP contribution in [0.2, 0.25) is 0 Å². The molecule has 98 valence electrons. The quantitative estimate of drug-likeness (QED) is 0.761. The molecular formula is C17H20NO+. The van der Waals surface area contributed by atoms with E-state index in [4.69, 9.17) is 4.74 Å². The second-order valence-electron chi connectivity index (χ2n) is 4.44. The molecule has 2 heteroatoms. The summed E-state index contributed by atoms with van der Waals surface area (Å²) in [5.41, 5.74) is 3.67. The van der Waals surface area contributed by atoms with Gasteiger partial charge in [0.15, 0.2) is 5.69 Å². The third-order valence-electron chi connectivity index (χ3n) is 3.22. The molecule has 2 nitrogen and oxygen atoms in total. The first kappa shape index (κ1) is 13.3. The van der Waals surface area contributed by atoms with Crippen LogP contribution in [0.15, 0.2) is 42.5 Å². The van der Waals surface area contributed by atoms with Gasteiger partial charge in [0.25, 0.3) is 0 Å². The molecule has 2 aromatic rings. The second-order valence-corrected chi connectivity index (χ2v) is 4.44. The van der Waals surface area contributed by atoms with Gasteiger partial charge in [-0.25, -0.2) is 0 Å². The van der Waals surface area contributed by atoms with Crippen LogP contribution in [0, 0.1) is 6.92 Å². The monoisotopic (exact) mass is 254 g/mol. The first-order chi connectivity index (χ1) is 9.24. The number of aryl methyl sites for hydroxylation is 1. The average Bonchev–Trinajstić information content (AvgIpc) is 2.45. The molecule has 1 aromatic heterocycles. The largest absolute Gasteiger partial charge is 0.497 e. The smallest absolute Gasteiger partial charge is 0.205 e. The Balaban J connectivity index is 2.24. The van der Waals surface area contributed by atoms with E-state index in [0.717, 1.165) is 12.3 Å². The van der Waals surface area contributed by atoms with Crippen LogP contribution in [-0.4, -0.2) is 7.11 Å². The Bertz CT molecular complexity index is 570. The van der Waals surface area contributed by atoms with Gasteiger partial charge >= 0.3 is 0 Å². The van der Waals surface area contributed by atoms with Crippen molar-refractivity contribution >= 4 is 12.2 Å². The van der Waals surface area contributed by atoms with Crippen molar-refractivity contribution in [3.05, 3.63) is 59.4 Å². The van der Waals surface area contributed by atoms with Crippen LogP contribution in [0.5, 0.6) is 5.75 Å². The molecular weight excluding hydrogens is 234 g/mol. The fraction of sp³-hybridized carbons (Fsp3) is 0.235. The molecule has 0 aliphatic carbocycles. The summed E-state index contributed by atoms with van der Waals surface area (Å²) < 4.78 is 7.45. The lowest BCUT2D eigenvalue weighted by Gasteiger charge is -2.01. The topological polar surface area (TPSA) is 13.1 Å². The highest BCUT2D eigenvalue weighted by Crippen LogP contribution is 2.13. The second kappa shape index (κ2) is 6.19. The molecule has 19 heavy (non-hydrogen) atoms. The number of benzene rings is 1. The Morgan fingerprint density at radius 1 is 1.05 bits per heavy atom. The lowest BCUT2D eigenvalue weighted by molar-refractivity contribution is -0.701. The van der Waals surface area contributed by atoms with Gasteiger partial charge in [-0.05, 0) is 36.8 Å². The van der Waals surface area contributed by atoms with Crippen LogP contribution in [0.4, 0.5) is 0 Å². The Labute approximate surface area is 115 Å². The van der Waals surface area contributed by atoms with Crippen molar-refractivity contribution in [2.45, 2.75) is 20.4 Å². The summed E-state index contributed by atoms with van der Waals surface area (Å²) >= 11 is 0. The van der Waals surface area contributed by atoms with Crippen LogP contribution in [0.3, 0.4) is 0 Å². The lowest BCUT2D eigenvalue weighted by atomic mass is 10.2. The number of hydrogen-bond acceptors (Lipinski definition) is 1. The van der Waals surface area contributed by atoms with Crippen molar-refractivity contribution in [3.8, 4) is 5.75 Å². The molecule has 1 aromatic carbocycles. The van der Waals surface area contributed by atoms with Gasteiger partial charge in [0, 0.05) is 25.1 Å². The molecule has 0 saturated carbocycles. The zero-order valence-electron chi connectivity index (χ0n) is 11.8. The van der Waals surface area contributed by atoms with Crippen molar-refractivity contribution in [3.63, 3.8) is 0 Å². The average molecular weight is 254 g/mol. The summed E-state index contributed by atoms with van der Waals surface area (Å²) in [6.07, 6.45) is 4.28. The zero-order chi connectivity index (χ0) is 13.7. The summed E-state index contributed by atoms with van der Waals surface area (Å²) in [4.78, 5) is 0. The predicted molar refractivity (Wildman–Crippen MR) is 79.0 cm³/mol. The summed E-state index contributed by atoms with van der Waals surface area (Å²) in [7, 11) is 1.68. The van der Waals surface area contributed by atoms with Gasteiger partial charge in [-0.1, -0.05) is 12.1 Å². The molecule has 2 rings (SSSR count). The van der Waals surface area contributed by atoms with Crippen molar-refractivity contribution in [1.82, 2.24) is 0 Å². The van der Waals surface area contributed by atoms with E-state index in [1.807, 2.05) is 12.1 Å². The van der Waals surface area contributed by atoms with E-state index in [0.29, 0.717) is 0 Å². The Hall–Kier alpha value is -2.09. The van der Waals surface area contributed by atoms with E-state index in [1.54, 1.807) is 7.11 Å². The first-order valence-corrected chi connectivity index (χ1v) is 6.56. The summed E-state index contributed by atoms with van der Waals surface area (Å²) in [5, 5.41) is 0. The summed E-state index contributed by atoms with van der Waals surface area (Å²) in [5.74, 6) is 0.885. The number of ether oxygens (including phenoxy) is 1. The molecule has 0 aliphatic rings. The van der Waals surface area contributed by atoms with Crippen molar-refractivity contribution < 1.29 is 9.30 Å². The van der Waals surface area contributed by atoms with Gasteiger partial charge in [0.2, 0.25) is 5.69 Å². The molecule has 0 N–H and O–H groups in total. The van der Waals surface area contributed by atoms with Crippen LogP contribution in [-0.2, 0) is 6.54 Å². The minimum atomic E-state index is 0.885. The number of hydrogen-bond donors (Lipinski definition) is 0. The van der Waals surface area contributed by atoms with Gasteiger partial charge in [0.1, 0.15) is 12.3 Å². The maximum atomic E-state index is 5.16. The Morgan fingerprint density at radius 3 is 2.42 bits per heavy atom. The summed E-state index contributed by atoms with van der Waals surface area (Å²) in [6, 6.07) is 14.4. The highest BCUT2D eigenvalue weighted by molar-refractivity contribution is 5.67. The zero-order valence-corrected chi connectivity index (χ0v) is 11.8. The van der Waals surface area contributed by atoms with Gasteiger partial charge < -0.3 is 4.74 Å². The standard InChI is InChI=1S/C17H20NO/c1-4-18-14(2)6-5-7-16(18)11-8-15-9-12-17(19-3)13-10-15/h5-13H,4H2,1-3H3/q+1. The van der Waals surface area contributed by atoms with E-state index >= 15 is 0 Å². The molecule has 0 fully saturated rings. The van der Waals surface area contributed by atoms with Crippen molar-refractivity contribution in [1.29, 1.82) is 0 Å². The molecule has 0 bridgehead atoms. The van der Waals surface area contributed by atoms with E-state index < -0.39 is 0 Å². The molecule has 0 amide bonds. The van der Waals surface area contributed by atoms with E-state index in [1.165, 1.54) is 17.0 Å². The third-order valence-corrected chi connectivity index (χ3v) is 3.22. The van der Waals surface area contributed by atoms with Crippen LogP contribution >= 0.6 is 0 Å².